The van der Waals surface area contributed by atoms with Crippen molar-refractivity contribution in [2.24, 2.45) is 10.4 Å². The Morgan fingerprint density at radius 3 is 2.42 bits per heavy atom. The summed E-state index contributed by atoms with van der Waals surface area (Å²) in [5.41, 5.74) is 1.33. The van der Waals surface area contributed by atoms with Gasteiger partial charge in [0, 0.05) is 32.0 Å². The van der Waals surface area contributed by atoms with Gasteiger partial charge in [-0.1, -0.05) is 50.6 Å². The zero-order valence-electron chi connectivity index (χ0n) is 19.2. The summed E-state index contributed by atoms with van der Waals surface area (Å²) < 4.78 is 0. The third-order valence-electron chi connectivity index (χ3n) is 6.35. The number of likely N-dealkylation sites (tertiary alicyclic amines) is 1. The first kappa shape index (κ1) is 23.1. The second kappa shape index (κ2) is 8.19. The van der Waals surface area contributed by atoms with Crippen LogP contribution in [0.3, 0.4) is 0 Å². The molecular formula is C24H33N3O4. The number of carbonyl (C=O) groups is 3. The van der Waals surface area contributed by atoms with Gasteiger partial charge in [-0.15, -0.1) is 0 Å². The number of aliphatic hydroxyl groups is 1. The number of hydrogen-bond acceptors (Lipinski definition) is 4. The van der Waals surface area contributed by atoms with Crippen LogP contribution in [0.25, 0.3) is 0 Å². The highest BCUT2D eigenvalue weighted by Gasteiger charge is 2.49. The highest BCUT2D eigenvalue weighted by molar-refractivity contribution is 6.11. The van der Waals surface area contributed by atoms with E-state index < -0.39 is 29.0 Å². The molecule has 3 amide bonds. The predicted molar refractivity (Wildman–Crippen MR) is 119 cm³/mol. The van der Waals surface area contributed by atoms with Crippen LogP contribution < -0.4 is 5.32 Å². The molecule has 4 atom stereocenters. The molecule has 1 aromatic rings. The van der Waals surface area contributed by atoms with Gasteiger partial charge in [-0.2, -0.15) is 0 Å². The topological polar surface area (TPSA) is 99.1 Å². The second-order valence-electron chi connectivity index (χ2n) is 10.2. The molecule has 0 unspecified atom stereocenters. The lowest BCUT2D eigenvalue weighted by atomic mass is 9.78. The van der Waals surface area contributed by atoms with E-state index in [9.17, 15) is 19.5 Å². The standard InChI is InChI=1S/C24H33N3O4/c1-14-7-9-16(10-8-14)24(6)12-18(26-22(24)31)19-11-17(29)13-27(19)21(30)20(23(3,4)5)25-15(2)28/h7-10,17,19-20,29H,11-13H2,1-6H3,(H,25,28)/t17-,19-,20-,24-/m1/s1. The van der Waals surface area contributed by atoms with Gasteiger partial charge in [0.25, 0.3) is 5.91 Å². The summed E-state index contributed by atoms with van der Waals surface area (Å²) in [4.78, 5) is 44.1. The van der Waals surface area contributed by atoms with Gasteiger partial charge in [0.15, 0.2) is 0 Å². The van der Waals surface area contributed by atoms with Crippen molar-refractivity contribution in [1.82, 2.24) is 10.2 Å². The van der Waals surface area contributed by atoms with E-state index in [2.05, 4.69) is 10.3 Å². The van der Waals surface area contributed by atoms with Crippen molar-refractivity contribution in [2.45, 2.75) is 78.0 Å². The van der Waals surface area contributed by atoms with Crippen molar-refractivity contribution in [3.05, 3.63) is 35.4 Å². The van der Waals surface area contributed by atoms with Crippen molar-refractivity contribution in [1.29, 1.82) is 0 Å². The fourth-order valence-corrected chi connectivity index (χ4v) is 4.46. The molecule has 2 N–H and O–H groups in total. The van der Waals surface area contributed by atoms with Gasteiger partial charge >= 0.3 is 0 Å². The van der Waals surface area contributed by atoms with Gasteiger partial charge < -0.3 is 15.3 Å². The largest absolute Gasteiger partial charge is 0.391 e. The van der Waals surface area contributed by atoms with E-state index in [1.807, 2.05) is 58.9 Å². The lowest BCUT2D eigenvalue weighted by molar-refractivity contribution is -0.139. The van der Waals surface area contributed by atoms with Gasteiger partial charge in [-0.3, -0.25) is 14.4 Å². The smallest absolute Gasteiger partial charge is 0.256 e. The van der Waals surface area contributed by atoms with E-state index >= 15 is 0 Å². The first-order chi connectivity index (χ1) is 14.3. The van der Waals surface area contributed by atoms with Crippen LogP contribution in [0.5, 0.6) is 0 Å². The molecule has 0 bridgehead atoms. The summed E-state index contributed by atoms with van der Waals surface area (Å²) in [6.07, 6.45) is 0.0331. The number of hydrogen-bond donors (Lipinski definition) is 2. The Morgan fingerprint density at radius 1 is 1.26 bits per heavy atom. The molecule has 2 aliphatic rings. The lowest BCUT2D eigenvalue weighted by Crippen LogP contribution is -2.56. The van der Waals surface area contributed by atoms with Crippen molar-refractivity contribution in [2.75, 3.05) is 6.54 Å². The van der Waals surface area contributed by atoms with Crippen LogP contribution in [0, 0.1) is 12.3 Å². The van der Waals surface area contributed by atoms with Gasteiger partial charge in [-0.05, 0) is 24.8 Å². The number of nitrogens with zero attached hydrogens (tertiary/aromatic N) is 2. The zero-order valence-corrected chi connectivity index (χ0v) is 19.2. The van der Waals surface area contributed by atoms with Gasteiger partial charge in [0.05, 0.1) is 17.6 Å². The Kier molecular flexibility index (Phi) is 6.11. The number of carbonyl (C=O) groups excluding carboxylic acids is 3. The van der Waals surface area contributed by atoms with Gasteiger partial charge in [-0.25, -0.2) is 4.99 Å². The van der Waals surface area contributed by atoms with E-state index in [1.165, 1.54) is 6.92 Å². The minimum Gasteiger partial charge on any atom is -0.391 e. The summed E-state index contributed by atoms with van der Waals surface area (Å²) in [6.45, 7) is 11.1. The number of benzene rings is 1. The molecule has 168 valence electrons. The number of aryl methyl sites for hydroxylation is 1. The molecule has 0 radical (unpaired) electrons. The summed E-state index contributed by atoms with van der Waals surface area (Å²) in [5, 5.41) is 13.1. The molecular weight excluding hydrogens is 394 g/mol. The number of rotatable bonds is 4. The highest BCUT2D eigenvalue weighted by atomic mass is 16.3. The van der Waals surface area contributed by atoms with E-state index in [4.69, 9.17) is 0 Å². The molecule has 1 fully saturated rings. The number of aliphatic hydroxyl groups excluding tert-OH is 1. The highest BCUT2D eigenvalue weighted by Crippen LogP contribution is 2.38. The van der Waals surface area contributed by atoms with E-state index in [1.54, 1.807) is 4.90 Å². The zero-order chi connectivity index (χ0) is 23.1. The molecule has 7 heteroatoms. The maximum absolute atomic E-state index is 13.5. The molecule has 7 nitrogen and oxygen atoms in total. The predicted octanol–water partition coefficient (Wildman–Crippen LogP) is 2.14. The molecule has 1 aromatic carbocycles. The van der Waals surface area contributed by atoms with Crippen LogP contribution in [0.15, 0.2) is 29.3 Å². The van der Waals surface area contributed by atoms with Crippen LogP contribution in [0.1, 0.15) is 58.6 Å². The van der Waals surface area contributed by atoms with Gasteiger partial charge in [0.1, 0.15) is 6.04 Å². The first-order valence-electron chi connectivity index (χ1n) is 10.8. The third kappa shape index (κ3) is 4.56. The summed E-state index contributed by atoms with van der Waals surface area (Å²) in [5.74, 6) is -0.775. The van der Waals surface area contributed by atoms with Crippen LogP contribution in [-0.4, -0.2) is 58.2 Å². The van der Waals surface area contributed by atoms with E-state index in [0.717, 1.165) is 11.1 Å². The molecule has 0 spiro atoms. The maximum Gasteiger partial charge on any atom is 0.256 e. The van der Waals surface area contributed by atoms with Gasteiger partial charge in [0.2, 0.25) is 11.8 Å². The number of β-amino-alcohol motifs (C(OH)–C–C–N with tert-alkyl or cyclic N) is 1. The molecule has 3 rings (SSSR count). The minimum atomic E-state index is -0.785. The van der Waals surface area contributed by atoms with E-state index in [0.29, 0.717) is 18.6 Å². The molecule has 1 saturated heterocycles. The molecule has 2 aliphatic heterocycles. The second-order valence-corrected chi connectivity index (χ2v) is 10.2. The number of amides is 3. The Labute approximate surface area is 183 Å². The first-order valence-corrected chi connectivity index (χ1v) is 10.8. The van der Waals surface area contributed by atoms with Crippen molar-refractivity contribution >= 4 is 23.4 Å². The van der Waals surface area contributed by atoms with E-state index in [-0.39, 0.29) is 24.3 Å². The monoisotopic (exact) mass is 427 g/mol. The van der Waals surface area contributed by atoms with Crippen molar-refractivity contribution < 1.29 is 19.5 Å². The molecule has 0 saturated carbocycles. The Bertz CT molecular complexity index is 916. The summed E-state index contributed by atoms with van der Waals surface area (Å²) >= 11 is 0. The normalized spacial score (nSPS) is 27.3. The molecule has 2 heterocycles. The summed E-state index contributed by atoms with van der Waals surface area (Å²) in [6, 6.07) is 6.65. The fourth-order valence-electron chi connectivity index (χ4n) is 4.46. The van der Waals surface area contributed by atoms with Crippen molar-refractivity contribution in [3.63, 3.8) is 0 Å². The lowest BCUT2D eigenvalue weighted by Gasteiger charge is -2.35. The maximum atomic E-state index is 13.5. The Morgan fingerprint density at radius 2 is 1.87 bits per heavy atom. The Hall–Kier alpha value is -2.54. The van der Waals surface area contributed by atoms with Crippen LogP contribution in [0.2, 0.25) is 0 Å². The number of aliphatic imine (C=N–C) groups is 1. The number of nitrogens with one attached hydrogen (secondary N) is 1. The third-order valence-corrected chi connectivity index (χ3v) is 6.35. The van der Waals surface area contributed by atoms with Crippen LogP contribution in [0.4, 0.5) is 0 Å². The van der Waals surface area contributed by atoms with Crippen molar-refractivity contribution in [3.8, 4) is 0 Å². The Balaban J connectivity index is 1.88. The quantitative estimate of drug-likeness (QED) is 0.769. The average molecular weight is 428 g/mol. The SMILES string of the molecule is CC(=O)N[C@H](C(=O)N1C[C@H](O)C[C@@H]1C1=NC(=O)[C@@](C)(c2ccc(C)cc2)C1)C(C)(C)C. The molecule has 0 aromatic heterocycles. The molecule has 0 aliphatic carbocycles. The van der Waals surface area contributed by atoms with Crippen LogP contribution >= 0.6 is 0 Å². The average Bonchev–Trinajstić information content (AvgIpc) is 3.19. The van der Waals surface area contributed by atoms with Crippen LogP contribution in [-0.2, 0) is 19.8 Å². The molecule has 31 heavy (non-hydrogen) atoms. The summed E-state index contributed by atoms with van der Waals surface area (Å²) in [7, 11) is 0. The fraction of sp³-hybridized carbons (Fsp3) is 0.583. The minimum absolute atomic E-state index is 0.157.